The van der Waals surface area contributed by atoms with Gasteiger partial charge in [0.05, 0.1) is 31.0 Å². The van der Waals surface area contributed by atoms with Gasteiger partial charge in [-0.05, 0) is 0 Å². The van der Waals surface area contributed by atoms with Crippen molar-refractivity contribution >= 4 is 5.91 Å². The van der Waals surface area contributed by atoms with E-state index in [4.69, 9.17) is 4.74 Å². The number of hydrogen-bond donors (Lipinski definition) is 0. The molecule has 0 aromatic carbocycles. The summed E-state index contributed by atoms with van der Waals surface area (Å²) >= 11 is 0. The van der Waals surface area contributed by atoms with Crippen molar-refractivity contribution in [2.24, 2.45) is 0 Å². The second kappa shape index (κ2) is 5.65. The van der Waals surface area contributed by atoms with Gasteiger partial charge in [-0.15, -0.1) is 0 Å². The minimum atomic E-state index is -0.0506. The SMILES string of the molecule is CC(C)(C)c1cncc(CC(=O)N2CCOCC2)n1. The predicted octanol–water partition coefficient (Wildman–Crippen LogP) is 1.18. The van der Waals surface area contributed by atoms with E-state index < -0.39 is 0 Å². The van der Waals surface area contributed by atoms with Gasteiger partial charge in [0.1, 0.15) is 0 Å². The fraction of sp³-hybridized carbons (Fsp3) is 0.643. The summed E-state index contributed by atoms with van der Waals surface area (Å²) in [6.45, 7) is 8.86. The molecule has 0 atom stereocenters. The molecule has 1 amide bonds. The summed E-state index contributed by atoms with van der Waals surface area (Å²) in [5, 5.41) is 0. The third-order valence-corrected chi connectivity index (χ3v) is 3.15. The fourth-order valence-electron chi connectivity index (χ4n) is 1.93. The second-order valence-electron chi connectivity index (χ2n) is 5.82. The molecule has 0 N–H and O–H groups in total. The fourth-order valence-corrected chi connectivity index (χ4v) is 1.93. The minimum absolute atomic E-state index is 0.0506. The number of carbonyl (C=O) groups is 1. The molecule has 0 aliphatic carbocycles. The average Bonchev–Trinajstić information content (AvgIpc) is 2.39. The zero-order chi connectivity index (χ0) is 13.9. The molecule has 1 aliphatic heterocycles. The van der Waals surface area contributed by atoms with E-state index in [-0.39, 0.29) is 11.3 Å². The standard InChI is InChI=1S/C14H21N3O2/c1-14(2,3)12-10-15-9-11(16-12)8-13(18)17-4-6-19-7-5-17/h9-10H,4-8H2,1-3H3. The van der Waals surface area contributed by atoms with E-state index in [0.29, 0.717) is 32.7 Å². The van der Waals surface area contributed by atoms with Crippen LogP contribution in [-0.2, 0) is 21.4 Å². The molecule has 5 nitrogen and oxygen atoms in total. The van der Waals surface area contributed by atoms with Gasteiger partial charge in [0.15, 0.2) is 0 Å². The van der Waals surface area contributed by atoms with E-state index >= 15 is 0 Å². The maximum atomic E-state index is 12.1. The lowest BCUT2D eigenvalue weighted by molar-refractivity contribution is -0.134. The predicted molar refractivity (Wildman–Crippen MR) is 71.8 cm³/mol. The highest BCUT2D eigenvalue weighted by Gasteiger charge is 2.20. The van der Waals surface area contributed by atoms with Crippen LogP contribution in [0.2, 0.25) is 0 Å². The van der Waals surface area contributed by atoms with E-state index in [1.807, 2.05) is 4.90 Å². The van der Waals surface area contributed by atoms with E-state index in [2.05, 4.69) is 30.7 Å². The normalized spacial score (nSPS) is 16.5. The van der Waals surface area contributed by atoms with E-state index in [9.17, 15) is 4.79 Å². The van der Waals surface area contributed by atoms with Crippen molar-refractivity contribution in [3.05, 3.63) is 23.8 Å². The lowest BCUT2D eigenvalue weighted by atomic mass is 9.92. The van der Waals surface area contributed by atoms with Gasteiger partial charge in [-0.2, -0.15) is 0 Å². The molecule has 1 fully saturated rings. The molecule has 5 heteroatoms. The van der Waals surface area contributed by atoms with Gasteiger partial charge < -0.3 is 9.64 Å². The van der Waals surface area contributed by atoms with Gasteiger partial charge >= 0.3 is 0 Å². The monoisotopic (exact) mass is 263 g/mol. The molecule has 1 aromatic heterocycles. The molecule has 1 aliphatic rings. The summed E-state index contributed by atoms with van der Waals surface area (Å²) in [5.41, 5.74) is 1.61. The maximum absolute atomic E-state index is 12.1. The number of carbonyl (C=O) groups excluding carboxylic acids is 1. The van der Waals surface area contributed by atoms with Crippen molar-refractivity contribution in [3.8, 4) is 0 Å². The number of amides is 1. The van der Waals surface area contributed by atoms with Crippen LogP contribution >= 0.6 is 0 Å². The van der Waals surface area contributed by atoms with Crippen LogP contribution < -0.4 is 0 Å². The smallest absolute Gasteiger partial charge is 0.228 e. The van der Waals surface area contributed by atoms with Crippen LogP contribution in [0.25, 0.3) is 0 Å². The van der Waals surface area contributed by atoms with Crippen molar-refractivity contribution < 1.29 is 9.53 Å². The quantitative estimate of drug-likeness (QED) is 0.804. The molecule has 1 saturated heterocycles. The zero-order valence-corrected chi connectivity index (χ0v) is 11.8. The van der Waals surface area contributed by atoms with Crippen LogP contribution in [0.15, 0.2) is 12.4 Å². The van der Waals surface area contributed by atoms with Gasteiger partial charge in [0.2, 0.25) is 5.91 Å². The summed E-state index contributed by atoms with van der Waals surface area (Å²) in [6.07, 6.45) is 3.76. The van der Waals surface area contributed by atoms with Gasteiger partial charge in [-0.3, -0.25) is 14.8 Å². The minimum Gasteiger partial charge on any atom is -0.378 e. The van der Waals surface area contributed by atoms with E-state index in [1.54, 1.807) is 12.4 Å². The first-order valence-electron chi connectivity index (χ1n) is 6.64. The number of nitrogens with zero attached hydrogens (tertiary/aromatic N) is 3. The van der Waals surface area contributed by atoms with Crippen molar-refractivity contribution in [3.63, 3.8) is 0 Å². The van der Waals surface area contributed by atoms with Crippen LogP contribution in [0, 0.1) is 0 Å². The number of rotatable bonds is 2. The van der Waals surface area contributed by atoms with Crippen LogP contribution in [0.4, 0.5) is 0 Å². The first-order valence-corrected chi connectivity index (χ1v) is 6.64. The maximum Gasteiger partial charge on any atom is 0.228 e. The molecule has 104 valence electrons. The molecule has 19 heavy (non-hydrogen) atoms. The van der Waals surface area contributed by atoms with Gasteiger partial charge in [0, 0.05) is 30.9 Å². The number of aromatic nitrogens is 2. The molecule has 0 spiro atoms. The molecule has 0 saturated carbocycles. The lowest BCUT2D eigenvalue weighted by Crippen LogP contribution is -2.41. The van der Waals surface area contributed by atoms with Gasteiger partial charge in [0.25, 0.3) is 0 Å². The topological polar surface area (TPSA) is 55.3 Å². The number of morpholine rings is 1. The Labute approximate surface area is 114 Å². The molecular formula is C14H21N3O2. The Balaban J connectivity index is 2.04. The number of hydrogen-bond acceptors (Lipinski definition) is 4. The Hall–Kier alpha value is -1.49. The molecule has 1 aromatic rings. The van der Waals surface area contributed by atoms with Crippen LogP contribution in [0.3, 0.4) is 0 Å². The first-order chi connectivity index (χ1) is 8.97. The van der Waals surface area contributed by atoms with Crippen LogP contribution in [-0.4, -0.2) is 47.1 Å². The Morgan fingerprint density at radius 1 is 1.32 bits per heavy atom. The van der Waals surface area contributed by atoms with Gasteiger partial charge in [-0.25, -0.2) is 0 Å². The van der Waals surface area contributed by atoms with Crippen molar-refractivity contribution in [1.82, 2.24) is 14.9 Å². The number of ether oxygens (including phenoxy) is 1. The van der Waals surface area contributed by atoms with E-state index in [1.165, 1.54) is 0 Å². The third-order valence-electron chi connectivity index (χ3n) is 3.15. The Bertz CT molecular complexity index is 448. The summed E-state index contributed by atoms with van der Waals surface area (Å²) in [6, 6.07) is 0. The Morgan fingerprint density at radius 2 is 2.00 bits per heavy atom. The molecule has 0 radical (unpaired) electrons. The molecule has 2 rings (SSSR count). The molecule has 0 unspecified atom stereocenters. The Kier molecular flexibility index (Phi) is 4.14. The summed E-state index contributed by atoms with van der Waals surface area (Å²) in [4.78, 5) is 22.7. The molecule has 2 heterocycles. The van der Waals surface area contributed by atoms with Crippen LogP contribution in [0.1, 0.15) is 32.2 Å². The zero-order valence-electron chi connectivity index (χ0n) is 11.8. The summed E-state index contributed by atoms with van der Waals surface area (Å²) < 4.78 is 5.24. The average molecular weight is 263 g/mol. The van der Waals surface area contributed by atoms with Gasteiger partial charge in [-0.1, -0.05) is 20.8 Å². The third kappa shape index (κ3) is 3.73. The molecular weight excluding hydrogens is 242 g/mol. The van der Waals surface area contributed by atoms with E-state index in [0.717, 1.165) is 11.4 Å². The summed E-state index contributed by atoms with van der Waals surface area (Å²) in [5.74, 6) is 0.101. The second-order valence-corrected chi connectivity index (χ2v) is 5.82. The highest BCUT2D eigenvalue weighted by Crippen LogP contribution is 2.19. The van der Waals surface area contributed by atoms with Crippen LogP contribution in [0.5, 0.6) is 0 Å². The highest BCUT2D eigenvalue weighted by atomic mass is 16.5. The molecule has 0 bridgehead atoms. The lowest BCUT2D eigenvalue weighted by Gasteiger charge is -2.26. The van der Waals surface area contributed by atoms with Crippen molar-refractivity contribution in [2.75, 3.05) is 26.3 Å². The largest absolute Gasteiger partial charge is 0.378 e. The Morgan fingerprint density at radius 3 is 2.63 bits per heavy atom. The highest BCUT2D eigenvalue weighted by molar-refractivity contribution is 5.78. The van der Waals surface area contributed by atoms with Crippen molar-refractivity contribution in [1.29, 1.82) is 0 Å². The van der Waals surface area contributed by atoms with Crippen molar-refractivity contribution in [2.45, 2.75) is 32.6 Å². The first kappa shape index (κ1) is 13.9. The summed E-state index contributed by atoms with van der Waals surface area (Å²) in [7, 11) is 0.